The number of methoxy groups -OCH3 is 1. The number of benzene rings is 2. The molecule has 2 amide bonds. The molecule has 220 valence electrons. The molecular formula is C35H42N4O3. The molecule has 1 aromatic heterocycles. The van der Waals surface area contributed by atoms with E-state index in [1.165, 1.54) is 0 Å². The van der Waals surface area contributed by atoms with Gasteiger partial charge in [0.05, 0.1) is 17.5 Å². The maximum atomic E-state index is 13.8. The number of aromatic nitrogens is 1. The van der Waals surface area contributed by atoms with E-state index in [2.05, 4.69) is 9.80 Å². The van der Waals surface area contributed by atoms with Gasteiger partial charge in [0.1, 0.15) is 0 Å². The van der Waals surface area contributed by atoms with Crippen molar-refractivity contribution in [2.24, 2.45) is 5.92 Å². The van der Waals surface area contributed by atoms with Gasteiger partial charge in [0, 0.05) is 75.0 Å². The molecule has 2 atom stereocenters. The maximum absolute atomic E-state index is 13.8. The van der Waals surface area contributed by atoms with Gasteiger partial charge in [0.2, 0.25) is 5.91 Å². The van der Waals surface area contributed by atoms with Crippen molar-refractivity contribution in [3.63, 3.8) is 0 Å². The number of carbonyl (C=O) groups excluding carboxylic acids is 2. The molecule has 2 aliphatic heterocycles. The Balaban J connectivity index is 1.07. The van der Waals surface area contributed by atoms with Crippen LogP contribution in [0, 0.1) is 5.92 Å². The molecule has 7 heteroatoms. The first-order valence-electron chi connectivity index (χ1n) is 15.6. The first-order chi connectivity index (χ1) is 20.6. The lowest BCUT2D eigenvalue weighted by molar-refractivity contribution is -0.139. The van der Waals surface area contributed by atoms with Gasteiger partial charge < -0.3 is 14.5 Å². The first-order valence-corrected chi connectivity index (χ1v) is 15.6. The third-order valence-corrected chi connectivity index (χ3v) is 9.41. The number of likely N-dealkylation sites (tertiary alicyclic amines) is 1. The van der Waals surface area contributed by atoms with E-state index in [-0.39, 0.29) is 17.9 Å². The van der Waals surface area contributed by atoms with E-state index in [9.17, 15) is 9.59 Å². The smallest absolute Gasteiger partial charge is 0.254 e. The Morgan fingerprint density at radius 1 is 0.738 bits per heavy atom. The third kappa shape index (κ3) is 6.42. The molecule has 3 fully saturated rings. The molecule has 3 aliphatic rings. The topological polar surface area (TPSA) is 66.0 Å². The average Bonchev–Trinajstić information content (AvgIpc) is 3.08. The molecule has 0 N–H and O–H groups in total. The second-order valence-corrected chi connectivity index (χ2v) is 12.0. The van der Waals surface area contributed by atoms with Gasteiger partial charge in [0.25, 0.3) is 5.91 Å². The summed E-state index contributed by atoms with van der Waals surface area (Å²) in [4.78, 5) is 38.5. The predicted molar refractivity (Wildman–Crippen MR) is 165 cm³/mol. The van der Waals surface area contributed by atoms with Crippen molar-refractivity contribution >= 4 is 11.8 Å². The standard InChI is InChI=1S/C35H42N4O3/c1-42-31-14-8-13-28(23-31)34(40)38-17-15-30(16-18-38)37-19-21-39(22-20-37)35(41)29-24-32(26-9-4-2-5-10-26)36-33(25-29)27-11-6-3-7-12-27/h2-7,9-12,24-25,28,30-31H,8,13-23H2,1H3. The largest absolute Gasteiger partial charge is 0.381 e. The van der Waals surface area contributed by atoms with Crippen LogP contribution in [0.1, 0.15) is 48.9 Å². The van der Waals surface area contributed by atoms with Crippen LogP contribution in [-0.2, 0) is 9.53 Å². The second kappa shape index (κ2) is 13.2. The molecular weight excluding hydrogens is 524 g/mol. The lowest BCUT2D eigenvalue weighted by Crippen LogP contribution is -2.55. The summed E-state index contributed by atoms with van der Waals surface area (Å²) in [5.41, 5.74) is 4.31. The van der Waals surface area contributed by atoms with E-state index in [0.29, 0.717) is 30.6 Å². The van der Waals surface area contributed by atoms with E-state index in [1.54, 1.807) is 7.11 Å². The van der Waals surface area contributed by atoms with Gasteiger partial charge in [-0.05, 0) is 44.2 Å². The van der Waals surface area contributed by atoms with Gasteiger partial charge in [0.15, 0.2) is 0 Å². The van der Waals surface area contributed by atoms with Gasteiger partial charge in [-0.25, -0.2) is 4.98 Å². The number of piperidine rings is 1. The Morgan fingerprint density at radius 3 is 1.90 bits per heavy atom. The van der Waals surface area contributed by atoms with E-state index < -0.39 is 0 Å². The summed E-state index contributed by atoms with van der Waals surface area (Å²) in [6.07, 6.45) is 6.24. The van der Waals surface area contributed by atoms with Gasteiger partial charge >= 0.3 is 0 Å². The van der Waals surface area contributed by atoms with Crippen molar-refractivity contribution in [2.45, 2.75) is 50.7 Å². The lowest BCUT2D eigenvalue weighted by atomic mass is 9.85. The highest BCUT2D eigenvalue weighted by Gasteiger charge is 2.34. The second-order valence-electron chi connectivity index (χ2n) is 12.0. The fourth-order valence-electron chi connectivity index (χ4n) is 6.93. The number of hydrogen-bond donors (Lipinski definition) is 0. The molecule has 2 aromatic carbocycles. The molecule has 0 spiro atoms. The van der Waals surface area contributed by atoms with Crippen LogP contribution in [0.4, 0.5) is 0 Å². The van der Waals surface area contributed by atoms with Crippen LogP contribution < -0.4 is 0 Å². The third-order valence-electron chi connectivity index (χ3n) is 9.41. The SMILES string of the molecule is COC1CCCC(C(=O)N2CCC(N3CCN(C(=O)c4cc(-c5ccccc5)nc(-c5ccccc5)c4)CC3)CC2)C1. The molecule has 2 saturated heterocycles. The Bertz CT molecular complexity index is 1290. The summed E-state index contributed by atoms with van der Waals surface area (Å²) in [5.74, 6) is 0.509. The Kier molecular flexibility index (Phi) is 8.96. The zero-order chi connectivity index (χ0) is 28.9. The predicted octanol–water partition coefficient (Wildman–Crippen LogP) is 5.37. The number of carbonyl (C=O) groups is 2. The highest BCUT2D eigenvalue weighted by atomic mass is 16.5. The zero-order valence-electron chi connectivity index (χ0n) is 24.7. The summed E-state index contributed by atoms with van der Waals surface area (Å²) >= 11 is 0. The number of piperazine rings is 1. The number of rotatable bonds is 6. The van der Waals surface area contributed by atoms with E-state index in [0.717, 1.165) is 87.2 Å². The minimum absolute atomic E-state index is 0.0636. The first kappa shape index (κ1) is 28.6. The van der Waals surface area contributed by atoms with Crippen LogP contribution >= 0.6 is 0 Å². The molecule has 3 heterocycles. The molecule has 7 nitrogen and oxygen atoms in total. The average molecular weight is 567 g/mol. The lowest BCUT2D eigenvalue weighted by Gasteiger charge is -2.43. The Morgan fingerprint density at radius 2 is 1.33 bits per heavy atom. The molecule has 1 saturated carbocycles. The Labute approximate surface area is 249 Å². The summed E-state index contributed by atoms with van der Waals surface area (Å²) in [7, 11) is 1.76. The number of ether oxygens (including phenoxy) is 1. The molecule has 0 bridgehead atoms. The fourth-order valence-corrected chi connectivity index (χ4v) is 6.93. The summed E-state index contributed by atoms with van der Waals surface area (Å²) < 4.78 is 5.55. The van der Waals surface area contributed by atoms with Gasteiger partial charge in [-0.1, -0.05) is 67.1 Å². The Hall–Kier alpha value is -3.55. The number of pyridine rings is 1. The highest BCUT2D eigenvalue weighted by molar-refractivity contribution is 5.96. The van der Waals surface area contributed by atoms with Crippen LogP contribution in [0.2, 0.25) is 0 Å². The van der Waals surface area contributed by atoms with Crippen molar-refractivity contribution < 1.29 is 14.3 Å². The van der Waals surface area contributed by atoms with Crippen molar-refractivity contribution in [2.75, 3.05) is 46.4 Å². The number of amides is 2. The van der Waals surface area contributed by atoms with Gasteiger partial charge in [-0.3, -0.25) is 14.5 Å². The van der Waals surface area contributed by atoms with E-state index in [1.807, 2.05) is 77.7 Å². The molecule has 42 heavy (non-hydrogen) atoms. The normalized spacial score (nSPS) is 22.2. The van der Waals surface area contributed by atoms with Crippen LogP contribution in [0.5, 0.6) is 0 Å². The maximum Gasteiger partial charge on any atom is 0.254 e. The molecule has 2 unspecified atom stereocenters. The van der Waals surface area contributed by atoms with Crippen molar-refractivity contribution in [3.05, 3.63) is 78.4 Å². The zero-order valence-corrected chi connectivity index (χ0v) is 24.7. The quantitative estimate of drug-likeness (QED) is 0.402. The van der Waals surface area contributed by atoms with Crippen molar-refractivity contribution in [3.8, 4) is 22.5 Å². The van der Waals surface area contributed by atoms with Crippen molar-refractivity contribution in [1.29, 1.82) is 0 Å². The summed E-state index contributed by atoms with van der Waals surface area (Å²) in [6, 6.07) is 24.5. The monoisotopic (exact) mass is 566 g/mol. The minimum atomic E-state index is 0.0636. The number of nitrogens with zero attached hydrogens (tertiary/aromatic N) is 4. The van der Waals surface area contributed by atoms with Gasteiger partial charge in [-0.2, -0.15) is 0 Å². The van der Waals surface area contributed by atoms with Gasteiger partial charge in [-0.15, -0.1) is 0 Å². The molecule has 0 radical (unpaired) electrons. The van der Waals surface area contributed by atoms with Crippen molar-refractivity contribution in [1.82, 2.24) is 19.7 Å². The molecule has 6 rings (SSSR count). The van der Waals surface area contributed by atoms with Crippen LogP contribution in [0.15, 0.2) is 72.8 Å². The summed E-state index contributed by atoms with van der Waals surface area (Å²) in [5, 5.41) is 0. The fraction of sp³-hybridized carbons (Fsp3) is 0.457. The van der Waals surface area contributed by atoms with Crippen LogP contribution in [-0.4, -0.2) is 90.0 Å². The molecule has 1 aliphatic carbocycles. The number of hydrogen-bond acceptors (Lipinski definition) is 5. The molecule has 3 aromatic rings. The highest BCUT2D eigenvalue weighted by Crippen LogP contribution is 2.30. The van der Waals surface area contributed by atoms with Crippen LogP contribution in [0.3, 0.4) is 0 Å². The van der Waals surface area contributed by atoms with E-state index >= 15 is 0 Å². The van der Waals surface area contributed by atoms with E-state index in [4.69, 9.17) is 9.72 Å². The van der Waals surface area contributed by atoms with Crippen LogP contribution in [0.25, 0.3) is 22.5 Å². The minimum Gasteiger partial charge on any atom is -0.381 e. The summed E-state index contributed by atoms with van der Waals surface area (Å²) in [6.45, 7) is 4.82.